The highest BCUT2D eigenvalue weighted by atomic mass is 32.2. The van der Waals surface area contributed by atoms with E-state index in [0.29, 0.717) is 4.70 Å². The molecule has 0 unspecified atom stereocenters. The predicted octanol–water partition coefficient (Wildman–Crippen LogP) is 2.11. The fourth-order valence-corrected chi connectivity index (χ4v) is 2.91. The van der Waals surface area contributed by atoms with Crippen LogP contribution in [0.4, 0.5) is 10.1 Å². The van der Waals surface area contributed by atoms with E-state index in [1.807, 2.05) is 4.72 Å². The number of sulfonamides is 1. The van der Waals surface area contributed by atoms with Gasteiger partial charge in [-0.1, -0.05) is 0 Å². The summed E-state index contributed by atoms with van der Waals surface area (Å²) in [5, 5.41) is 8.90. The Hall–Kier alpha value is -1.67. The first-order chi connectivity index (χ1) is 8.28. The first-order valence-corrected chi connectivity index (χ1v) is 7.42. The Morgan fingerprint density at radius 2 is 2.11 bits per heavy atom. The van der Waals surface area contributed by atoms with Crippen molar-refractivity contribution in [3.05, 3.63) is 28.9 Å². The molecule has 0 saturated carbocycles. The minimum atomic E-state index is -3.58. The van der Waals surface area contributed by atoms with Gasteiger partial charge in [0.05, 0.1) is 11.9 Å². The summed E-state index contributed by atoms with van der Waals surface area (Å²) in [5.74, 6) is -1.92. The van der Waals surface area contributed by atoms with E-state index in [1.165, 1.54) is 18.2 Å². The van der Waals surface area contributed by atoms with Gasteiger partial charge in [-0.15, -0.1) is 11.3 Å². The molecule has 1 aromatic carbocycles. The number of benzene rings is 1. The number of thiophene rings is 1. The highest BCUT2D eigenvalue weighted by molar-refractivity contribution is 7.92. The Kier molecular flexibility index (Phi) is 2.99. The van der Waals surface area contributed by atoms with Crippen LogP contribution in [0.15, 0.2) is 18.2 Å². The molecule has 0 spiro atoms. The number of rotatable bonds is 3. The van der Waals surface area contributed by atoms with E-state index in [9.17, 15) is 17.6 Å². The molecular weight excluding hydrogens is 281 g/mol. The van der Waals surface area contributed by atoms with Crippen molar-refractivity contribution < 1.29 is 22.7 Å². The fraction of sp³-hybridized carbons (Fsp3) is 0.100. The van der Waals surface area contributed by atoms with Gasteiger partial charge in [0.2, 0.25) is 10.0 Å². The quantitative estimate of drug-likeness (QED) is 0.906. The Morgan fingerprint density at radius 3 is 2.67 bits per heavy atom. The number of fused-ring (bicyclic) bond motifs is 1. The molecule has 2 aromatic rings. The second-order valence-electron chi connectivity index (χ2n) is 3.63. The molecule has 2 N–H and O–H groups in total. The molecule has 0 saturated heterocycles. The van der Waals surface area contributed by atoms with Gasteiger partial charge >= 0.3 is 5.97 Å². The molecule has 0 aliphatic carbocycles. The largest absolute Gasteiger partial charge is 0.477 e. The van der Waals surface area contributed by atoms with Crippen LogP contribution in [0.25, 0.3) is 10.1 Å². The second-order valence-corrected chi connectivity index (χ2v) is 6.46. The van der Waals surface area contributed by atoms with E-state index < -0.39 is 21.8 Å². The molecule has 5 nitrogen and oxygen atoms in total. The monoisotopic (exact) mass is 289 g/mol. The summed E-state index contributed by atoms with van der Waals surface area (Å²) in [6, 6.07) is 3.93. The number of aromatic carboxylic acids is 1. The fourth-order valence-electron chi connectivity index (χ4n) is 1.46. The van der Waals surface area contributed by atoms with Gasteiger partial charge in [-0.05, 0) is 18.2 Å². The van der Waals surface area contributed by atoms with Gasteiger partial charge in [-0.3, -0.25) is 4.72 Å². The first-order valence-electron chi connectivity index (χ1n) is 4.71. The highest BCUT2D eigenvalue weighted by Crippen LogP contribution is 2.31. The van der Waals surface area contributed by atoms with Gasteiger partial charge in [-0.2, -0.15) is 0 Å². The van der Waals surface area contributed by atoms with Crippen molar-refractivity contribution in [1.29, 1.82) is 0 Å². The van der Waals surface area contributed by atoms with Crippen molar-refractivity contribution in [2.45, 2.75) is 0 Å². The highest BCUT2D eigenvalue weighted by Gasteiger charge is 2.15. The number of hydrogen-bond donors (Lipinski definition) is 2. The normalized spacial score (nSPS) is 11.7. The van der Waals surface area contributed by atoms with Gasteiger partial charge in [0.25, 0.3) is 0 Å². The van der Waals surface area contributed by atoms with Crippen molar-refractivity contribution in [3.8, 4) is 0 Å². The summed E-state index contributed by atoms with van der Waals surface area (Å²) >= 11 is 0.929. The summed E-state index contributed by atoms with van der Waals surface area (Å²) in [7, 11) is -3.58. The molecule has 1 heterocycles. The van der Waals surface area contributed by atoms with Crippen LogP contribution in [0.1, 0.15) is 9.67 Å². The van der Waals surface area contributed by atoms with E-state index in [1.54, 1.807) is 0 Å². The van der Waals surface area contributed by atoms with Crippen LogP contribution < -0.4 is 4.72 Å². The Bertz CT molecular complexity index is 736. The summed E-state index contributed by atoms with van der Waals surface area (Å²) < 4.78 is 38.5. The maximum absolute atomic E-state index is 14.0. The number of hydrogen-bond acceptors (Lipinski definition) is 4. The molecule has 0 atom stereocenters. The third-order valence-corrected chi connectivity index (χ3v) is 3.82. The number of carboxylic acid groups (broad SMARTS) is 1. The number of nitrogens with one attached hydrogen (secondary N) is 1. The van der Waals surface area contributed by atoms with E-state index in [4.69, 9.17) is 5.11 Å². The lowest BCUT2D eigenvalue weighted by atomic mass is 10.2. The van der Waals surface area contributed by atoms with E-state index in [2.05, 4.69) is 0 Å². The third kappa shape index (κ3) is 2.44. The van der Waals surface area contributed by atoms with Crippen LogP contribution in [-0.2, 0) is 10.0 Å². The number of carbonyl (C=O) groups is 1. The van der Waals surface area contributed by atoms with Crippen LogP contribution in [0, 0.1) is 5.82 Å². The molecule has 0 aliphatic rings. The Labute approximate surface area is 106 Å². The molecule has 0 amide bonds. The van der Waals surface area contributed by atoms with Crippen LogP contribution in [0.2, 0.25) is 0 Å². The van der Waals surface area contributed by atoms with E-state index >= 15 is 0 Å². The zero-order valence-electron chi connectivity index (χ0n) is 9.10. The zero-order chi connectivity index (χ0) is 13.5. The summed E-state index contributed by atoms with van der Waals surface area (Å²) in [6.07, 6.45) is 0.910. The predicted molar refractivity (Wildman–Crippen MR) is 67.2 cm³/mol. The Balaban J connectivity index is 2.60. The van der Waals surface area contributed by atoms with Gasteiger partial charge in [-0.25, -0.2) is 17.6 Å². The maximum Gasteiger partial charge on any atom is 0.345 e. The molecule has 18 heavy (non-hydrogen) atoms. The molecule has 0 radical (unpaired) electrons. The number of halogens is 1. The van der Waals surface area contributed by atoms with E-state index in [-0.39, 0.29) is 16.0 Å². The van der Waals surface area contributed by atoms with Crippen molar-refractivity contribution in [2.75, 3.05) is 11.0 Å². The SMILES string of the molecule is CS(=O)(=O)Nc1ccc2sc(C(=O)O)cc2c1F. The lowest BCUT2D eigenvalue weighted by Crippen LogP contribution is -2.10. The molecule has 1 aromatic heterocycles. The van der Waals surface area contributed by atoms with Crippen molar-refractivity contribution in [2.24, 2.45) is 0 Å². The van der Waals surface area contributed by atoms with Gasteiger partial charge < -0.3 is 5.11 Å². The molecular formula is C10H8FNO4S2. The van der Waals surface area contributed by atoms with Crippen LogP contribution in [0.5, 0.6) is 0 Å². The number of anilines is 1. The van der Waals surface area contributed by atoms with E-state index in [0.717, 1.165) is 17.6 Å². The smallest absolute Gasteiger partial charge is 0.345 e. The summed E-state index contributed by atoms with van der Waals surface area (Å²) in [4.78, 5) is 10.8. The van der Waals surface area contributed by atoms with Crippen molar-refractivity contribution in [1.82, 2.24) is 0 Å². The molecule has 0 fully saturated rings. The average molecular weight is 289 g/mol. The Morgan fingerprint density at radius 1 is 1.44 bits per heavy atom. The molecule has 2 rings (SSSR count). The molecule has 96 valence electrons. The molecule has 0 aliphatic heterocycles. The van der Waals surface area contributed by atoms with Crippen LogP contribution in [0.3, 0.4) is 0 Å². The molecule has 0 bridgehead atoms. The van der Waals surface area contributed by atoms with Crippen LogP contribution >= 0.6 is 11.3 Å². The van der Waals surface area contributed by atoms with Gasteiger partial charge in [0, 0.05) is 10.1 Å². The topological polar surface area (TPSA) is 83.5 Å². The lowest BCUT2D eigenvalue weighted by molar-refractivity contribution is 0.0702. The lowest BCUT2D eigenvalue weighted by Gasteiger charge is -2.05. The maximum atomic E-state index is 14.0. The number of carboxylic acids is 1. The minimum absolute atomic E-state index is 0.000376. The summed E-state index contributed by atoms with van der Waals surface area (Å²) in [5.41, 5.74) is -0.195. The average Bonchev–Trinajstić information content (AvgIpc) is 2.65. The second kappa shape index (κ2) is 4.21. The standard InChI is InChI=1S/C10H8FNO4S2/c1-18(15,16)12-6-2-3-7-5(9(6)11)4-8(17-7)10(13)14/h2-4,12H,1H3,(H,13,14). The van der Waals surface area contributed by atoms with Gasteiger partial charge in [0.1, 0.15) is 4.88 Å². The van der Waals surface area contributed by atoms with Crippen molar-refractivity contribution in [3.63, 3.8) is 0 Å². The van der Waals surface area contributed by atoms with Gasteiger partial charge in [0.15, 0.2) is 5.82 Å². The minimum Gasteiger partial charge on any atom is -0.477 e. The first kappa shape index (κ1) is 12.8. The van der Waals surface area contributed by atoms with Crippen LogP contribution in [-0.4, -0.2) is 25.7 Å². The summed E-state index contributed by atoms with van der Waals surface area (Å²) in [6.45, 7) is 0. The third-order valence-electron chi connectivity index (χ3n) is 2.14. The zero-order valence-corrected chi connectivity index (χ0v) is 10.7. The van der Waals surface area contributed by atoms with Crippen molar-refractivity contribution >= 4 is 43.1 Å². The molecule has 8 heteroatoms.